The minimum absolute atomic E-state index is 0.0168. The Morgan fingerprint density at radius 2 is 2.15 bits per heavy atom. The number of nitrogens with one attached hydrogen (secondary N) is 1. The fraction of sp³-hybridized carbons (Fsp3) is 0.733. The number of carbonyl (C=O) groups excluding carboxylic acids is 1. The largest absolute Gasteiger partial charge is 0.481 e. The molecule has 1 rings (SSSR count). The Morgan fingerprint density at radius 3 is 2.55 bits per heavy atom. The van der Waals surface area contributed by atoms with Crippen LogP contribution in [0.5, 0.6) is 0 Å². The van der Waals surface area contributed by atoms with Crippen molar-refractivity contribution in [2.24, 2.45) is 11.3 Å². The molecule has 1 heterocycles. The van der Waals surface area contributed by atoms with Crippen LogP contribution in [0.1, 0.15) is 40.0 Å². The number of carbonyl (C=O) groups is 2. The number of carboxylic acids is 1. The number of urea groups is 1. The maximum atomic E-state index is 12.1. The molecule has 1 fully saturated rings. The summed E-state index contributed by atoms with van der Waals surface area (Å²) in [5, 5.41) is 12.2. The first kappa shape index (κ1) is 16.4. The van der Waals surface area contributed by atoms with E-state index in [-0.39, 0.29) is 24.5 Å². The minimum atomic E-state index is -0.840. The third-order valence-corrected chi connectivity index (χ3v) is 4.20. The normalized spacial score (nSPS) is 23.4. The zero-order valence-electron chi connectivity index (χ0n) is 12.5. The zero-order valence-corrected chi connectivity index (χ0v) is 12.5. The summed E-state index contributed by atoms with van der Waals surface area (Å²) in [6.07, 6.45) is 7.48. The molecular weight excluding hydrogens is 256 g/mol. The van der Waals surface area contributed by atoms with Gasteiger partial charge in [-0.15, -0.1) is 6.42 Å². The Kier molecular flexibility index (Phi) is 5.43. The Bertz CT molecular complexity index is 414. The van der Waals surface area contributed by atoms with E-state index in [4.69, 9.17) is 6.42 Å². The van der Waals surface area contributed by atoms with E-state index in [1.807, 2.05) is 20.8 Å². The SMILES string of the molecule is C#CC(CCC)NC(=O)N1CCC(C(=O)O)(C(C)C)C1. The molecule has 0 aromatic heterocycles. The fourth-order valence-electron chi connectivity index (χ4n) is 2.63. The Morgan fingerprint density at radius 1 is 1.50 bits per heavy atom. The number of hydrogen-bond acceptors (Lipinski definition) is 2. The number of aliphatic carboxylic acids is 1. The maximum absolute atomic E-state index is 12.1. The van der Waals surface area contributed by atoms with Crippen LogP contribution in [-0.4, -0.2) is 41.1 Å². The molecule has 112 valence electrons. The number of rotatable bonds is 5. The van der Waals surface area contributed by atoms with Gasteiger partial charge in [0.2, 0.25) is 0 Å². The van der Waals surface area contributed by atoms with Crippen LogP contribution in [0.2, 0.25) is 0 Å². The number of amides is 2. The van der Waals surface area contributed by atoms with Crippen molar-refractivity contribution in [1.29, 1.82) is 0 Å². The molecule has 2 N–H and O–H groups in total. The highest BCUT2D eigenvalue weighted by molar-refractivity contribution is 5.80. The number of carboxylic acid groups (broad SMARTS) is 1. The van der Waals surface area contributed by atoms with Gasteiger partial charge in [0.1, 0.15) is 0 Å². The fourth-order valence-corrected chi connectivity index (χ4v) is 2.63. The van der Waals surface area contributed by atoms with Crippen LogP contribution >= 0.6 is 0 Å². The van der Waals surface area contributed by atoms with Crippen LogP contribution < -0.4 is 5.32 Å². The molecule has 2 unspecified atom stereocenters. The second-order valence-corrected chi connectivity index (χ2v) is 5.74. The molecule has 5 heteroatoms. The summed E-state index contributed by atoms with van der Waals surface area (Å²) in [5.74, 6) is 1.70. The molecule has 0 aliphatic carbocycles. The van der Waals surface area contributed by atoms with Gasteiger partial charge in [-0.25, -0.2) is 4.79 Å². The standard InChI is InChI=1S/C15H24N2O3/c1-5-7-12(6-2)16-14(20)17-9-8-15(10-17,11(3)4)13(18)19/h2,11-12H,5,7-10H2,1,3-4H3,(H,16,20)(H,18,19). The summed E-state index contributed by atoms with van der Waals surface area (Å²) >= 11 is 0. The average molecular weight is 280 g/mol. The predicted octanol–water partition coefficient (Wildman–Crippen LogP) is 1.93. The lowest BCUT2D eigenvalue weighted by atomic mass is 9.76. The summed E-state index contributed by atoms with van der Waals surface area (Å²) in [4.78, 5) is 25.2. The molecule has 0 bridgehead atoms. The molecule has 0 aromatic rings. The van der Waals surface area contributed by atoms with Crippen LogP contribution in [0.25, 0.3) is 0 Å². The Hall–Kier alpha value is -1.70. The van der Waals surface area contributed by atoms with Crippen molar-refractivity contribution in [3.63, 3.8) is 0 Å². The van der Waals surface area contributed by atoms with Crippen LogP contribution in [0, 0.1) is 23.7 Å². The number of hydrogen-bond donors (Lipinski definition) is 2. The van der Waals surface area contributed by atoms with Crippen molar-refractivity contribution in [2.75, 3.05) is 13.1 Å². The van der Waals surface area contributed by atoms with E-state index in [0.717, 1.165) is 12.8 Å². The summed E-state index contributed by atoms with van der Waals surface area (Å²) in [7, 11) is 0. The highest BCUT2D eigenvalue weighted by atomic mass is 16.4. The van der Waals surface area contributed by atoms with Crippen molar-refractivity contribution in [1.82, 2.24) is 10.2 Å². The molecular formula is C15H24N2O3. The van der Waals surface area contributed by atoms with Gasteiger partial charge in [0, 0.05) is 13.1 Å². The van der Waals surface area contributed by atoms with E-state index in [9.17, 15) is 14.7 Å². The van der Waals surface area contributed by atoms with Crippen molar-refractivity contribution in [3.05, 3.63) is 0 Å². The average Bonchev–Trinajstić information content (AvgIpc) is 2.84. The van der Waals surface area contributed by atoms with Crippen LogP contribution in [0.4, 0.5) is 4.79 Å². The summed E-state index contributed by atoms with van der Waals surface area (Å²) in [6.45, 7) is 6.48. The molecule has 2 atom stereocenters. The lowest BCUT2D eigenvalue weighted by molar-refractivity contribution is -0.150. The van der Waals surface area contributed by atoms with E-state index in [0.29, 0.717) is 13.0 Å². The topological polar surface area (TPSA) is 69.6 Å². The summed E-state index contributed by atoms with van der Waals surface area (Å²) < 4.78 is 0. The second kappa shape index (κ2) is 6.65. The van der Waals surface area contributed by atoms with E-state index in [2.05, 4.69) is 11.2 Å². The molecule has 0 radical (unpaired) electrons. The number of nitrogens with zero attached hydrogens (tertiary/aromatic N) is 1. The smallest absolute Gasteiger partial charge is 0.318 e. The van der Waals surface area contributed by atoms with Gasteiger partial charge in [0.15, 0.2) is 0 Å². The van der Waals surface area contributed by atoms with E-state index < -0.39 is 11.4 Å². The van der Waals surface area contributed by atoms with Gasteiger partial charge >= 0.3 is 12.0 Å². The lowest BCUT2D eigenvalue weighted by Crippen LogP contribution is -2.46. The molecule has 1 saturated heterocycles. The molecule has 1 aliphatic rings. The molecule has 2 amide bonds. The van der Waals surface area contributed by atoms with Gasteiger partial charge in [-0.1, -0.05) is 33.1 Å². The van der Waals surface area contributed by atoms with Crippen molar-refractivity contribution in [2.45, 2.75) is 46.1 Å². The van der Waals surface area contributed by atoms with Gasteiger partial charge in [0.05, 0.1) is 11.5 Å². The van der Waals surface area contributed by atoms with Crippen LogP contribution in [0.15, 0.2) is 0 Å². The Balaban J connectivity index is 2.70. The predicted molar refractivity (Wildman–Crippen MR) is 77.2 cm³/mol. The minimum Gasteiger partial charge on any atom is -0.481 e. The molecule has 0 aromatic carbocycles. The van der Waals surface area contributed by atoms with Crippen LogP contribution in [0.3, 0.4) is 0 Å². The van der Waals surface area contributed by atoms with Gasteiger partial charge in [-0.3, -0.25) is 4.79 Å². The second-order valence-electron chi connectivity index (χ2n) is 5.74. The van der Waals surface area contributed by atoms with E-state index >= 15 is 0 Å². The molecule has 5 nitrogen and oxygen atoms in total. The Labute approximate surface area is 120 Å². The third-order valence-electron chi connectivity index (χ3n) is 4.20. The first-order valence-electron chi connectivity index (χ1n) is 7.12. The number of terminal acetylenes is 1. The highest BCUT2D eigenvalue weighted by Gasteiger charge is 2.48. The molecule has 0 saturated carbocycles. The molecule has 20 heavy (non-hydrogen) atoms. The van der Waals surface area contributed by atoms with E-state index in [1.54, 1.807) is 4.90 Å². The maximum Gasteiger partial charge on any atom is 0.318 e. The van der Waals surface area contributed by atoms with Gasteiger partial charge in [-0.05, 0) is 18.8 Å². The van der Waals surface area contributed by atoms with Crippen LogP contribution in [-0.2, 0) is 4.79 Å². The number of likely N-dealkylation sites (tertiary alicyclic amines) is 1. The van der Waals surface area contributed by atoms with Crippen molar-refractivity contribution >= 4 is 12.0 Å². The summed E-state index contributed by atoms with van der Waals surface area (Å²) in [6, 6.07) is -0.545. The zero-order chi connectivity index (χ0) is 15.3. The van der Waals surface area contributed by atoms with Gasteiger partial charge in [-0.2, -0.15) is 0 Å². The third kappa shape index (κ3) is 3.24. The summed E-state index contributed by atoms with van der Waals surface area (Å²) in [5.41, 5.74) is -0.840. The van der Waals surface area contributed by atoms with E-state index in [1.165, 1.54) is 0 Å². The van der Waals surface area contributed by atoms with Crippen molar-refractivity contribution < 1.29 is 14.7 Å². The first-order chi connectivity index (χ1) is 9.37. The monoisotopic (exact) mass is 280 g/mol. The molecule has 1 aliphatic heterocycles. The van der Waals surface area contributed by atoms with Crippen molar-refractivity contribution in [3.8, 4) is 12.3 Å². The van der Waals surface area contributed by atoms with Gasteiger partial charge in [0.25, 0.3) is 0 Å². The first-order valence-corrected chi connectivity index (χ1v) is 7.12. The quantitative estimate of drug-likeness (QED) is 0.756. The van der Waals surface area contributed by atoms with Gasteiger partial charge < -0.3 is 15.3 Å². The molecule has 0 spiro atoms. The highest BCUT2D eigenvalue weighted by Crippen LogP contribution is 2.38. The lowest BCUT2D eigenvalue weighted by Gasteiger charge is -2.29.